The number of benzene rings is 1. The van der Waals surface area contributed by atoms with E-state index in [2.05, 4.69) is 10.3 Å². The largest absolute Gasteiger partial charge is 0.490 e. The number of hydrogen-bond donors (Lipinski definition) is 4. The molecule has 2 aromatic rings. The Balaban J connectivity index is 1.72. The number of ether oxygens (including phenoxy) is 1. The molecule has 1 aromatic heterocycles. The van der Waals surface area contributed by atoms with Gasteiger partial charge in [0.15, 0.2) is 5.78 Å². The molecule has 0 spiro atoms. The number of fused-ring (bicyclic) bond motifs is 1. The van der Waals surface area contributed by atoms with Gasteiger partial charge >= 0.3 is 0 Å². The van der Waals surface area contributed by atoms with Crippen LogP contribution in [0.15, 0.2) is 23.0 Å². The maximum atomic E-state index is 12.5. The van der Waals surface area contributed by atoms with E-state index in [1.807, 2.05) is 36.9 Å². The van der Waals surface area contributed by atoms with Crippen molar-refractivity contribution in [3.8, 4) is 5.75 Å². The van der Waals surface area contributed by atoms with Gasteiger partial charge in [0.25, 0.3) is 5.56 Å². The molecule has 1 fully saturated rings. The highest BCUT2D eigenvalue weighted by Crippen LogP contribution is 2.32. The number of aromatic amines is 1. The van der Waals surface area contributed by atoms with Crippen LogP contribution >= 0.6 is 11.3 Å². The number of hydrogen-bond acceptors (Lipinski definition) is 8. The summed E-state index contributed by atoms with van der Waals surface area (Å²) in [6.07, 6.45) is 0.936. The maximum absolute atomic E-state index is 12.5. The van der Waals surface area contributed by atoms with Gasteiger partial charge in [-0.15, -0.1) is 11.3 Å². The molecule has 0 aliphatic carbocycles. The molecule has 1 aromatic carbocycles. The summed E-state index contributed by atoms with van der Waals surface area (Å²) in [6, 6.07) is 5.60. The zero-order valence-electron chi connectivity index (χ0n) is 16.9. The Bertz CT molecular complexity index is 1150. The van der Waals surface area contributed by atoms with Crippen LogP contribution in [0.3, 0.4) is 0 Å². The van der Waals surface area contributed by atoms with Crippen molar-refractivity contribution in [1.29, 1.82) is 0 Å². The van der Waals surface area contributed by atoms with E-state index in [0.29, 0.717) is 46.8 Å². The lowest BCUT2D eigenvalue weighted by molar-refractivity contribution is -0.117. The second-order valence-corrected chi connectivity index (χ2v) is 9.09. The summed E-state index contributed by atoms with van der Waals surface area (Å²) in [5.41, 5.74) is 1.36. The van der Waals surface area contributed by atoms with Crippen LogP contribution in [-0.4, -0.2) is 65.5 Å². The van der Waals surface area contributed by atoms with Crippen molar-refractivity contribution >= 4 is 34.5 Å². The molecular weight excluding hydrogens is 406 g/mol. The molecule has 1 unspecified atom stereocenters. The first-order chi connectivity index (χ1) is 14.3. The third-order valence-electron chi connectivity index (χ3n) is 5.37. The zero-order chi connectivity index (χ0) is 21.5. The molecule has 0 bridgehead atoms. The van der Waals surface area contributed by atoms with Gasteiger partial charge in [-0.1, -0.05) is 6.07 Å². The molecule has 0 radical (unpaired) electrons. The molecule has 160 valence electrons. The first-order valence-electron chi connectivity index (χ1n) is 9.83. The topological polar surface area (TPSA) is 115 Å². The molecule has 0 saturated carbocycles. The number of ketones is 1. The summed E-state index contributed by atoms with van der Waals surface area (Å²) in [5.74, 6) is 0.695. The van der Waals surface area contributed by atoms with Crippen LogP contribution in [0.5, 0.6) is 5.75 Å². The fourth-order valence-corrected chi connectivity index (χ4v) is 4.63. The van der Waals surface area contributed by atoms with E-state index >= 15 is 0 Å². The summed E-state index contributed by atoms with van der Waals surface area (Å²) in [5, 5.41) is 22.1. The number of aromatic nitrogens is 1. The normalized spacial score (nSPS) is 21.5. The lowest BCUT2D eigenvalue weighted by Crippen LogP contribution is -2.39. The van der Waals surface area contributed by atoms with Crippen LogP contribution in [0.25, 0.3) is 11.6 Å². The van der Waals surface area contributed by atoms with Crippen molar-refractivity contribution in [1.82, 2.24) is 10.3 Å². The number of H-pyrrole nitrogens is 1. The van der Waals surface area contributed by atoms with E-state index in [1.54, 1.807) is 6.08 Å². The fourth-order valence-electron chi connectivity index (χ4n) is 3.64. The summed E-state index contributed by atoms with van der Waals surface area (Å²) in [7, 11) is 0. The number of Topliss-reactive ketones (excluding diaryl/α,β-unsaturated/α-hetero) is 1. The fraction of sp³-hybridized carbons (Fsp3) is 0.429. The van der Waals surface area contributed by atoms with Gasteiger partial charge in [-0.2, -0.15) is 0 Å². The first-order valence-corrected chi connectivity index (χ1v) is 10.6. The SMILES string of the molecule is CC1(C)NC/C(=c2/[nH]c(=O)/c(=C/c3ccc4c(c3)N(CC(O)CO)CCO4)s2)C1=O. The Morgan fingerprint density at radius 2 is 2.17 bits per heavy atom. The van der Waals surface area contributed by atoms with Crippen molar-refractivity contribution in [3.63, 3.8) is 0 Å². The minimum Gasteiger partial charge on any atom is -0.490 e. The number of aliphatic hydroxyl groups excluding tert-OH is 2. The van der Waals surface area contributed by atoms with Crippen molar-refractivity contribution in [2.24, 2.45) is 0 Å². The van der Waals surface area contributed by atoms with Gasteiger partial charge in [-0.3, -0.25) is 9.59 Å². The van der Waals surface area contributed by atoms with Crippen LogP contribution in [0.2, 0.25) is 0 Å². The Labute approximate surface area is 177 Å². The van der Waals surface area contributed by atoms with E-state index in [0.717, 1.165) is 11.3 Å². The lowest BCUT2D eigenvalue weighted by Gasteiger charge is -2.32. The van der Waals surface area contributed by atoms with Crippen LogP contribution in [0.4, 0.5) is 5.69 Å². The third kappa shape index (κ3) is 3.93. The highest BCUT2D eigenvalue weighted by atomic mass is 32.1. The van der Waals surface area contributed by atoms with Gasteiger partial charge in [-0.05, 0) is 37.6 Å². The Morgan fingerprint density at radius 3 is 2.87 bits per heavy atom. The summed E-state index contributed by atoms with van der Waals surface area (Å²) in [6.45, 7) is 5.17. The Kier molecular flexibility index (Phi) is 5.54. The predicted molar refractivity (Wildman–Crippen MR) is 115 cm³/mol. The smallest absolute Gasteiger partial charge is 0.266 e. The average Bonchev–Trinajstić information content (AvgIpc) is 3.21. The molecule has 0 amide bonds. The number of carbonyl (C=O) groups excluding carboxylic acids is 1. The van der Waals surface area contributed by atoms with Gasteiger partial charge in [0, 0.05) is 18.7 Å². The molecule has 1 atom stereocenters. The van der Waals surface area contributed by atoms with Crippen LogP contribution in [0, 0.1) is 0 Å². The van der Waals surface area contributed by atoms with Gasteiger partial charge in [0.2, 0.25) is 0 Å². The molecule has 4 N–H and O–H groups in total. The van der Waals surface area contributed by atoms with E-state index in [-0.39, 0.29) is 17.9 Å². The van der Waals surface area contributed by atoms with E-state index in [1.165, 1.54) is 11.3 Å². The van der Waals surface area contributed by atoms with E-state index < -0.39 is 11.6 Å². The van der Waals surface area contributed by atoms with Crippen LogP contribution in [-0.2, 0) is 4.79 Å². The van der Waals surface area contributed by atoms with E-state index in [9.17, 15) is 14.7 Å². The minimum absolute atomic E-state index is 0.00411. The third-order valence-corrected chi connectivity index (χ3v) is 6.44. The zero-order valence-corrected chi connectivity index (χ0v) is 17.7. The number of anilines is 1. The van der Waals surface area contributed by atoms with Gasteiger partial charge in [0.05, 0.1) is 35.0 Å². The number of rotatable bonds is 4. The predicted octanol–water partition coefficient (Wildman–Crippen LogP) is -1.08. The number of nitrogens with zero attached hydrogens (tertiary/aromatic N) is 1. The molecule has 4 rings (SSSR count). The number of aliphatic hydroxyl groups is 2. The van der Waals surface area contributed by atoms with Gasteiger partial charge in [0.1, 0.15) is 17.0 Å². The van der Waals surface area contributed by atoms with E-state index in [4.69, 9.17) is 9.84 Å². The molecule has 8 nitrogen and oxygen atoms in total. The highest BCUT2D eigenvalue weighted by Gasteiger charge is 2.36. The van der Waals surface area contributed by atoms with Crippen molar-refractivity contribution < 1.29 is 19.7 Å². The van der Waals surface area contributed by atoms with Crippen LogP contribution in [0.1, 0.15) is 19.4 Å². The summed E-state index contributed by atoms with van der Waals surface area (Å²) < 4.78 is 6.78. The Morgan fingerprint density at radius 1 is 1.37 bits per heavy atom. The molecule has 2 aliphatic rings. The maximum Gasteiger partial charge on any atom is 0.266 e. The molecule has 3 heterocycles. The van der Waals surface area contributed by atoms with Gasteiger partial charge < -0.3 is 30.2 Å². The summed E-state index contributed by atoms with van der Waals surface area (Å²) >= 11 is 1.27. The number of thiazole rings is 1. The van der Waals surface area contributed by atoms with Crippen LogP contribution < -0.4 is 29.7 Å². The van der Waals surface area contributed by atoms with Crippen molar-refractivity contribution in [2.45, 2.75) is 25.5 Å². The first kappa shape index (κ1) is 20.8. The van der Waals surface area contributed by atoms with Crippen molar-refractivity contribution in [3.05, 3.63) is 43.3 Å². The average molecular weight is 432 g/mol. The molecular formula is C21H25N3O5S. The summed E-state index contributed by atoms with van der Waals surface area (Å²) in [4.78, 5) is 29.8. The quantitative estimate of drug-likeness (QED) is 0.487. The molecule has 1 saturated heterocycles. The molecule has 2 aliphatic heterocycles. The standard InChI is InChI=1S/C21H25N3O5S/c1-21(2)18(27)14(9-22-21)20-23-19(28)17(30-20)8-12-3-4-16-15(7-12)24(5-6-29-16)10-13(26)11-25/h3-4,7-8,13,22,25-26H,5-6,9-11H2,1-2H3,(H,23,28)/b17-8-,20-14+. The van der Waals surface area contributed by atoms with Crippen molar-refractivity contribution in [2.75, 3.05) is 37.7 Å². The highest BCUT2D eigenvalue weighted by molar-refractivity contribution is 7.07. The Hall–Kier alpha value is -2.46. The second-order valence-electron chi connectivity index (χ2n) is 8.04. The minimum atomic E-state index is -0.842. The lowest BCUT2D eigenvalue weighted by atomic mass is 10.00. The number of β-amino-alcohol motifs (C(OH)–C–C–N with tert-alkyl or cyclic N) is 1. The number of nitrogens with one attached hydrogen (secondary N) is 2. The second kappa shape index (κ2) is 7.99. The number of carbonyl (C=O) groups is 1. The monoisotopic (exact) mass is 431 g/mol. The molecule has 30 heavy (non-hydrogen) atoms. The molecule has 9 heteroatoms. The van der Waals surface area contributed by atoms with Gasteiger partial charge in [-0.25, -0.2) is 0 Å².